The van der Waals surface area contributed by atoms with Gasteiger partial charge < -0.3 is 11.1 Å². The summed E-state index contributed by atoms with van der Waals surface area (Å²) in [6.45, 7) is 3.47. The van der Waals surface area contributed by atoms with E-state index in [1.54, 1.807) is 0 Å². The van der Waals surface area contributed by atoms with E-state index in [0.29, 0.717) is 12.5 Å². The van der Waals surface area contributed by atoms with Crippen LogP contribution < -0.4 is 11.1 Å². The molecule has 1 aromatic heterocycles. The summed E-state index contributed by atoms with van der Waals surface area (Å²) >= 11 is 0. The van der Waals surface area contributed by atoms with Crippen LogP contribution in [0.25, 0.3) is 11.4 Å². The van der Waals surface area contributed by atoms with Crippen LogP contribution in [0.15, 0.2) is 35.6 Å². The van der Waals surface area contributed by atoms with Crippen molar-refractivity contribution in [3.05, 3.63) is 36.2 Å². The average Bonchev–Trinajstić information content (AvgIpc) is 2.97. The lowest BCUT2D eigenvalue weighted by Crippen LogP contribution is -2.32. The molecule has 0 atom stereocenters. The maximum Gasteiger partial charge on any atom is 0.188 e. The van der Waals surface area contributed by atoms with Crippen molar-refractivity contribution in [2.75, 3.05) is 6.54 Å². The first-order valence-electron chi connectivity index (χ1n) is 6.28. The summed E-state index contributed by atoms with van der Waals surface area (Å²) in [5, 5.41) is 9.73. The van der Waals surface area contributed by atoms with Gasteiger partial charge in [-0.1, -0.05) is 25.1 Å². The summed E-state index contributed by atoms with van der Waals surface area (Å²) in [4.78, 5) is 8.42. The van der Waals surface area contributed by atoms with Gasteiger partial charge in [0.1, 0.15) is 6.33 Å². The van der Waals surface area contributed by atoms with Crippen LogP contribution in [0.2, 0.25) is 0 Å². The van der Waals surface area contributed by atoms with Crippen molar-refractivity contribution in [3.8, 4) is 11.4 Å². The molecule has 0 saturated heterocycles. The van der Waals surface area contributed by atoms with Crippen molar-refractivity contribution in [3.63, 3.8) is 0 Å². The van der Waals surface area contributed by atoms with E-state index >= 15 is 0 Å². The van der Waals surface area contributed by atoms with Crippen molar-refractivity contribution in [1.29, 1.82) is 0 Å². The third-order valence-corrected chi connectivity index (χ3v) is 2.60. The lowest BCUT2D eigenvalue weighted by Gasteiger charge is -2.04. The minimum atomic E-state index is 0. The molecule has 0 fully saturated rings. The molecule has 0 saturated carbocycles. The monoisotopic (exact) mass is 386 g/mol. The Balaban J connectivity index is 0.00000200. The molecule has 0 aliphatic heterocycles. The molecular formula is C13H19IN6. The van der Waals surface area contributed by atoms with Gasteiger partial charge in [-0.3, -0.25) is 5.10 Å². The Labute approximate surface area is 135 Å². The number of halogens is 1. The van der Waals surface area contributed by atoms with Gasteiger partial charge in [0.05, 0.1) is 6.54 Å². The highest BCUT2D eigenvalue weighted by Crippen LogP contribution is 2.15. The lowest BCUT2D eigenvalue weighted by atomic mass is 10.1. The van der Waals surface area contributed by atoms with Gasteiger partial charge >= 0.3 is 0 Å². The Morgan fingerprint density at radius 3 is 3.00 bits per heavy atom. The highest BCUT2D eigenvalue weighted by molar-refractivity contribution is 14.0. The van der Waals surface area contributed by atoms with E-state index in [1.165, 1.54) is 6.33 Å². The van der Waals surface area contributed by atoms with E-state index in [1.807, 2.05) is 24.3 Å². The molecule has 6 nitrogen and oxygen atoms in total. The average molecular weight is 386 g/mol. The van der Waals surface area contributed by atoms with Crippen molar-refractivity contribution in [1.82, 2.24) is 20.5 Å². The topological polar surface area (TPSA) is 92.0 Å². The third kappa shape index (κ3) is 4.80. The van der Waals surface area contributed by atoms with Gasteiger partial charge in [-0.15, -0.1) is 24.0 Å². The Morgan fingerprint density at radius 1 is 1.45 bits per heavy atom. The zero-order valence-corrected chi connectivity index (χ0v) is 13.7. The van der Waals surface area contributed by atoms with E-state index in [9.17, 15) is 0 Å². The zero-order chi connectivity index (χ0) is 13.5. The van der Waals surface area contributed by atoms with E-state index in [-0.39, 0.29) is 24.0 Å². The number of nitrogens with one attached hydrogen (secondary N) is 2. The fourth-order valence-electron chi connectivity index (χ4n) is 1.65. The number of aromatic nitrogens is 3. The minimum absolute atomic E-state index is 0. The SMILES string of the molecule is CCCNC(N)=NCc1cccc(-c2ncn[nH]2)c1.I. The van der Waals surface area contributed by atoms with Gasteiger partial charge in [0.25, 0.3) is 0 Å². The van der Waals surface area contributed by atoms with Gasteiger partial charge in [-0.05, 0) is 18.1 Å². The molecule has 0 aliphatic carbocycles. The Morgan fingerprint density at radius 2 is 2.30 bits per heavy atom. The second kappa shape index (κ2) is 8.51. The van der Waals surface area contributed by atoms with Crippen LogP contribution in [0.4, 0.5) is 0 Å². The standard InChI is InChI=1S/C13H18N6.HI/c1-2-6-15-13(14)16-8-10-4-3-5-11(7-10)12-17-9-18-19-12;/h3-5,7,9H,2,6,8H2,1H3,(H3,14,15,16)(H,17,18,19);1H. The number of rotatable bonds is 5. The van der Waals surface area contributed by atoms with E-state index in [2.05, 4.69) is 32.4 Å². The Kier molecular flexibility index (Phi) is 6.99. The maximum absolute atomic E-state index is 5.75. The predicted molar refractivity (Wildman–Crippen MR) is 90.9 cm³/mol. The van der Waals surface area contributed by atoms with Crippen LogP contribution in [0, 0.1) is 0 Å². The van der Waals surface area contributed by atoms with Crippen LogP contribution in [0.1, 0.15) is 18.9 Å². The largest absolute Gasteiger partial charge is 0.370 e. The molecule has 1 heterocycles. The summed E-state index contributed by atoms with van der Waals surface area (Å²) in [6, 6.07) is 7.98. The molecule has 0 bridgehead atoms. The van der Waals surface area contributed by atoms with Crippen molar-refractivity contribution in [2.24, 2.45) is 10.7 Å². The van der Waals surface area contributed by atoms with Crippen LogP contribution >= 0.6 is 24.0 Å². The first-order chi connectivity index (χ1) is 9.29. The number of hydrogen-bond donors (Lipinski definition) is 3. The number of benzene rings is 1. The normalized spacial score (nSPS) is 10.9. The summed E-state index contributed by atoms with van der Waals surface area (Å²) in [5.41, 5.74) is 7.82. The number of nitrogens with zero attached hydrogens (tertiary/aromatic N) is 3. The van der Waals surface area contributed by atoms with Gasteiger partial charge in [0.2, 0.25) is 0 Å². The number of hydrogen-bond acceptors (Lipinski definition) is 3. The van der Waals surface area contributed by atoms with Crippen molar-refractivity contribution in [2.45, 2.75) is 19.9 Å². The number of guanidine groups is 1. The number of nitrogens with two attached hydrogens (primary N) is 1. The Hall–Kier alpha value is -1.64. The molecule has 2 aromatic rings. The summed E-state index contributed by atoms with van der Waals surface area (Å²) < 4.78 is 0. The maximum atomic E-state index is 5.75. The molecule has 2 rings (SSSR count). The van der Waals surface area contributed by atoms with Crippen LogP contribution in [-0.4, -0.2) is 27.7 Å². The summed E-state index contributed by atoms with van der Waals surface area (Å²) in [6.07, 6.45) is 2.52. The van der Waals surface area contributed by atoms with E-state index in [0.717, 1.165) is 29.9 Å². The second-order valence-electron chi connectivity index (χ2n) is 4.16. The fraction of sp³-hybridized carbons (Fsp3) is 0.308. The molecule has 0 unspecified atom stereocenters. The first kappa shape index (κ1) is 16.4. The minimum Gasteiger partial charge on any atom is -0.370 e. The molecule has 1 aromatic carbocycles. The van der Waals surface area contributed by atoms with E-state index in [4.69, 9.17) is 5.73 Å². The molecule has 20 heavy (non-hydrogen) atoms. The molecule has 0 spiro atoms. The van der Waals surface area contributed by atoms with Crippen molar-refractivity contribution < 1.29 is 0 Å². The molecule has 0 aliphatic rings. The van der Waals surface area contributed by atoms with Gasteiger partial charge in [-0.25, -0.2) is 9.98 Å². The predicted octanol–water partition coefficient (Wildman–Crippen LogP) is 1.90. The molecule has 0 radical (unpaired) electrons. The van der Waals surface area contributed by atoms with Gasteiger partial charge in [0.15, 0.2) is 11.8 Å². The van der Waals surface area contributed by atoms with Crippen LogP contribution in [0.5, 0.6) is 0 Å². The quantitative estimate of drug-likeness (QED) is 0.416. The smallest absolute Gasteiger partial charge is 0.188 e. The van der Waals surface area contributed by atoms with Gasteiger partial charge in [0, 0.05) is 12.1 Å². The Bertz CT molecular complexity index is 538. The number of aromatic amines is 1. The zero-order valence-electron chi connectivity index (χ0n) is 11.3. The summed E-state index contributed by atoms with van der Waals surface area (Å²) in [5.74, 6) is 1.23. The highest BCUT2D eigenvalue weighted by atomic mass is 127. The lowest BCUT2D eigenvalue weighted by molar-refractivity contribution is 0.825. The number of aliphatic imine (C=N–C) groups is 1. The van der Waals surface area contributed by atoms with Crippen LogP contribution in [0.3, 0.4) is 0 Å². The number of H-pyrrole nitrogens is 1. The molecule has 0 amide bonds. The van der Waals surface area contributed by atoms with Crippen LogP contribution in [-0.2, 0) is 6.54 Å². The van der Waals surface area contributed by atoms with Gasteiger partial charge in [-0.2, -0.15) is 5.10 Å². The first-order valence-corrected chi connectivity index (χ1v) is 6.28. The van der Waals surface area contributed by atoms with E-state index < -0.39 is 0 Å². The highest BCUT2D eigenvalue weighted by Gasteiger charge is 2.01. The molecule has 7 heteroatoms. The molecule has 108 valence electrons. The second-order valence-corrected chi connectivity index (χ2v) is 4.16. The fourth-order valence-corrected chi connectivity index (χ4v) is 1.65. The third-order valence-electron chi connectivity index (χ3n) is 2.60. The summed E-state index contributed by atoms with van der Waals surface area (Å²) in [7, 11) is 0. The molecular weight excluding hydrogens is 367 g/mol. The van der Waals surface area contributed by atoms with Crippen molar-refractivity contribution >= 4 is 29.9 Å². The molecule has 4 N–H and O–H groups in total.